The van der Waals surface area contributed by atoms with Crippen molar-refractivity contribution in [2.75, 3.05) is 5.43 Å². The number of rotatable bonds is 3. The molecule has 0 bridgehead atoms. The molecule has 0 saturated carbocycles. The summed E-state index contributed by atoms with van der Waals surface area (Å²) in [5.41, 5.74) is 4.94. The summed E-state index contributed by atoms with van der Waals surface area (Å²) in [7, 11) is 0. The maximum atomic E-state index is 13.0. The number of halogens is 3. The van der Waals surface area contributed by atoms with Crippen LogP contribution in [0.2, 0.25) is 10.0 Å². The largest absolute Gasteiger partial charge is 0.278 e. The summed E-state index contributed by atoms with van der Waals surface area (Å²) in [4.78, 5) is 0. The molecule has 0 spiro atoms. The van der Waals surface area contributed by atoms with E-state index in [1.54, 1.807) is 24.3 Å². The van der Waals surface area contributed by atoms with Gasteiger partial charge in [-0.25, -0.2) is 4.39 Å². The van der Waals surface area contributed by atoms with Gasteiger partial charge in [-0.3, -0.25) is 5.43 Å². The molecule has 2 aromatic rings. The topological polar surface area (TPSA) is 24.4 Å². The Morgan fingerprint density at radius 1 is 1.11 bits per heavy atom. The molecule has 0 aliphatic rings. The highest BCUT2D eigenvalue weighted by atomic mass is 35.5. The maximum absolute atomic E-state index is 13.0. The SMILES string of the molecule is C/C(=N\Nc1cccc(F)c1)c1ccc(Cl)c(Cl)c1. The number of hydrazone groups is 1. The first-order valence-corrected chi connectivity index (χ1v) is 6.33. The van der Waals surface area contributed by atoms with Crippen molar-refractivity contribution in [1.82, 2.24) is 0 Å². The molecule has 0 aliphatic heterocycles. The van der Waals surface area contributed by atoms with Crippen molar-refractivity contribution < 1.29 is 4.39 Å². The normalized spacial score (nSPS) is 11.5. The molecule has 0 unspecified atom stereocenters. The molecule has 1 N–H and O–H groups in total. The van der Waals surface area contributed by atoms with E-state index in [0.29, 0.717) is 15.7 Å². The van der Waals surface area contributed by atoms with E-state index in [-0.39, 0.29) is 5.82 Å². The van der Waals surface area contributed by atoms with E-state index in [9.17, 15) is 4.39 Å². The van der Waals surface area contributed by atoms with Crippen LogP contribution in [0.4, 0.5) is 10.1 Å². The summed E-state index contributed by atoms with van der Waals surface area (Å²) in [6.45, 7) is 1.83. The second-order valence-electron chi connectivity index (χ2n) is 3.95. The van der Waals surface area contributed by atoms with Crippen LogP contribution in [0.15, 0.2) is 47.6 Å². The quantitative estimate of drug-likeness (QED) is 0.628. The molecule has 19 heavy (non-hydrogen) atoms. The fourth-order valence-corrected chi connectivity index (χ4v) is 1.79. The Morgan fingerprint density at radius 2 is 1.89 bits per heavy atom. The summed E-state index contributed by atoms with van der Waals surface area (Å²) in [5.74, 6) is -0.313. The van der Waals surface area contributed by atoms with Gasteiger partial charge in [0.25, 0.3) is 0 Å². The van der Waals surface area contributed by atoms with Crippen LogP contribution >= 0.6 is 23.2 Å². The predicted molar refractivity (Wildman–Crippen MR) is 78.7 cm³/mol. The van der Waals surface area contributed by atoms with Crippen LogP contribution in [0.25, 0.3) is 0 Å². The van der Waals surface area contributed by atoms with Crippen LogP contribution in [0.3, 0.4) is 0 Å². The lowest BCUT2D eigenvalue weighted by molar-refractivity contribution is 0.628. The molecule has 0 atom stereocenters. The van der Waals surface area contributed by atoms with Crippen molar-refractivity contribution in [3.05, 3.63) is 63.9 Å². The first kappa shape index (κ1) is 13.8. The van der Waals surface area contributed by atoms with Crippen molar-refractivity contribution in [1.29, 1.82) is 0 Å². The Balaban J connectivity index is 2.16. The zero-order valence-electron chi connectivity index (χ0n) is 10.1. The Hall–Kier alpha value is -1.58. The van der Waals surface area contributed by atoms with Crippen molar-refractivity contribution in [2.45, 2.75) is 6.92 Å². The van der Waals surface area contributed by atoms with Gasteiger partial charge in [-0.15, -0.1) is 0 Å². The van der Waals surface area contributed by atoms with Gasteiger partial charge in [-0.2, -0.15) is 5.10 Å². The Morgan fingerprint density at radius 3 is 2.58 bits per heavy atom. The van der Waals surface area contributed by atoms with Gasteiger partial charge in [0, 0.05) is 0 Å². The lowest BCUT2D eigenvalue weighted by Gasteiger charge is -2.05. The van der Waals surface area contributed by atoms with Crippen LogP contribution in [0.5, 0.6) is 0 Å². The van der Waals surface area contributed by atoms with Crippen molar-refractivity contribution >= 4 is 34.6 Å². The second-order valence-corrected chi connectivity index (χ2v) is 4.76. The van der Waals surface area contributed by atoms with Crippen LogP contribution in [0.1, 0.15) is 12.5 Å². The number of hydrogen-bond donors (Lipinski definition) is 1. The molecule has 0 fully saturated rings. The van der Waals surface area contributed by atoms with Crippen LogP contribution in [0, 0.1) is 5.82 Å². The zero-order chi connectivity index (χ0) is 13.8. The Kier molecular flexibility index (Phi) is 4.40. The van der Waals surface area contributed by atoms with Gasteiger partial charge in [-0.1, -0.05) is 35.3 Å². The molecule has 0 aliphatic carbocycles. The first-order chi connectivity index (χ1) is 9.06. The van der Waals surface area contributed by atoms with Gasteiger partial charge in [0.1, 0.15) is 5.82 Å². The zero-order valence-corrected chi connectivity index (χ0v) is 11.6. The van der Waals surface area contributed by atoms with E-state index >= 15 is 0 Å². The van der Waals surface area contributed by atoms with Gasteiger partial charge >= 0.3 is 0 Å². The van der Waals surface area contributed by atoms with E-state index in [1.807, 2.05) is 13.0 Å². The highest BCUT2D eigenvalue weighted by Crippen LogP contribution is 2.23. The van der Waals surface area contributed by atoms with Crippen LogP contribution < -0.4 is 5.43 Å². The van der Waals surface area contributed by atoms with E-state index < -0.39 is 0 Å². The summed E-state index contributed by atoms with van der Waals surface area (Å²) in [6.07, 6.45) is 0. The minimum atomic E-state index is -0.313. The van der Waals surface area contributed by atoms with E-state index in [4.69, 9.17) is 23.2 Å². The minimum Gasteiger partial charge on any atom is -0.278 e. The summed E-state index contributed by atoms with van der Waals surface area (Å²) in [6, 6.07) is 11.3. The monoisotopic (exact) mass is 296 g/mol. The van der Waals surface area contributed by atoms with Gasteiger partial charge < -0.3 is 0 Å². The van der Waals surface area contributed by atoms with Gasteiger partial charge in [-0.05, 0) is 42.8 Å². The van der Waals surface area contributed by atoms with Gasteiger partial charge in [0.05, 0.1) is 21.4 Å². The molecular weight excluding hydrogens is 286 g/mol. The molecule has 0 heterocycles. The average Bonchev–Trinajstić information content (AvgIpc) is 2.39. The summed E-state index contributed by atoms with van der Waals surface area (Å²) >= 11 is 11.8. The fraction of sp³-hybridized carbons (Fsp3) is 0.0714. The number of hydrogen-bond acceptors (Lipinski definition) is 2. The molecule has 2 nitrogen and oxygen atoms in total. The Labute approximate surface area is 120 Å². The lowest BCUT2D eigenvalue weighted by Crippen LogP contribution is -1.99. The summed E-state index contributed by atoms with van der Waals surface area (Å²) < 4.78 is 13.0. The lowest BCUT2D eigenvalue weighted by atomic mass is 10.1. The highest BCUT2D eigenvalue weighted by Gasteiger charge is 2.02. The average molecular weight is 297 g/mol. The van der Waals surface area contributed by atoms with Crippen molar-refractivity contribution in [3.63, 3.8) is 0 Å². The van der Waals surface area contributed by atoms with Crippen LogP contribution in [-0.4, -0.2) is 5.71 Å². The standard InChI is InChI=1S/C14H11Cl2FN2/c1-9(10-5-6-13(15)14(16)7-10)18-19-12-4-2-3-11(17)8-12/h2-8,19H,1H3/b18-9+. The maximum Gasteiger partial charge on any atom is 0.125 e. The van der Waals surface area contributed by atoms with E-state index in [2.05, 4.69) is 10.5 Å². The smallest absolute Gasteiger partial charge is 0.125 e. The number of nitrogens with one attached hydrogen (secondary N) is 1. The van der Waals surface area contributed by atoms with E-state index in [1.165, 1.54) is 12.1 Å². The highest BCUT2D eigenvalue weighted by molar-refractivity contribution is 6.42. The molecule has 0 amide bonds. The molecule has 0 aromatic heterocycles. The molecule has 5 heteroatoms. The van der Waals surface area contributed by atoms with Crippen molar-refractivity contribution in [2.24, 2.45) is 5.10 Å². The number of nitrogens with zero attached hydrogens (tertiary/aromatic N) is 1. The third-order valence-corrected chi connectivity index (χ3v) is 3.25. The molecular formula is C14H11Cl2FN2. The summed E-state index contributed by atoms with van der Waals surface area (Å²) in [5, 5.41) is 5.14. The van der Waals surface area contributed by atoms with Gasteiger partial charge in [0.2, 0.25) is 0 Å². The molecule has 0 saturated heterocycles. The molecule has 98 valence electrons. The first-order valence-electron chi connectivity index (χ1n) is 5.57. The predicted octanol–water partition coefficient (Wildman–Crippen LogP) is 4.97. The third kappa shape index (κ3) is 3.69. The van der Waals surface area contributed by atoms with E-state index in [0.717, 1.165) is 11.3 Å². The Bertz CT molecular complexity index is 627. The minimum absolute atomic E-state index is 0.313. The number of anilines is 1. The molecule has 0 radical (unpaired) electrons. The fourth-order valence-electron chi connectivity index (χ4n) is 1.49. The molecule has 2 rings (SSSR count). The van der Waals surface area contributed by atoms with Gasteiger partial charge in [0.15, 0.2) is 0 Å². The number of benzene rings is 2. The van der Waals surface area contributed by atoms with Crippen LogP contribution in [-0.2, 0) is 0 Å². The third-order valence-electron chi connectivity index (χ3n) is 2.51. The van der Waals surface area contributed by atoms with Crippen molar-refractivity contribution in [3.8, 4) is 0 Å². The second kappa shape index (κ2) is 6.04. The molecule has 2 aromatic carbocycles.